The molecule has 0 aliphatic carbocycles. The van der Waals surface area contributed by atoms with Crippen molar-refractivity contribution in [2.24, 2.45) is 0 Å². The molecule has 0 saturated carbocycles. The molecule has 0 bridgehead atoms. The van der Waals surface area contributed by atoms with E-state index in [1.165, 1.54) is 11.3 Å². The molecule has 2 N–H and O–H groups in total. The molecule has 0 spiro atoms. The van der Waals surface area contributed by atoms with Crippen molar-refractivity contribution in [3.8, 4) is 11.4 Å². The molecule has 1 fully saturated rings. The van der Waals surface area contributed by atoms with Gasteiger partial charge in [-0.3, -0.25) is 4.79 Å². The third-order valence-corrected chi connectivity index (χ3v) is 6.46. The number of hydrogen-bond acceptors (Lipinski definition) is 7. The molecule has 4 aromatic rings. The number of thiazole rings is 1. The summed E-state index contributed by atoms with van der Waals surface area (Å²) in [5.74, 6) is -0.202. The number of aromatic amines is 1. The number of H-pyrrole nitrogens is 1. The van der Waals surface area contributed by atoms with Crippen LogP contribution in [0.2, 0.25) is 5.02 Å². The second-order valence-electron chi connectivity index (χ2n) is 7.51. The summed E-state index contributed by atoms with van der Waals surface area (Å²) in [5, 5.41) is 6.58. The van der Waals surface area contributed by atoms with Crippen LogP contribution in [0.4, 0.5) is 10.2 Å². The van der Waals surface area contributed by atoms with Crippen molar-refractivity contribution in [2.75, 3.05) is 18.4 Å². The van der Waals surface area contributed by atoms with Crippen LogP contribution in [0.5, 0.6) is 0 Å². The van der Waals surface area contributed by atoms with Gasteiger partial charge in [-0.15, -0.1) is 11.3 Å². The topological polar surface area (TPSA) is 99.7 Å². The van der Waals surface area contributed by atoms with E-state index < -0.39 is 5.82 Å². The largest absolute Gasteiger partial charge is 0.365 e. The Kier molecular flexibility index (Phi) is 5.71. The molecule has 8 nitrogen and oxygen atoms in total. The Balaban J connectivity index is 1.37. The van der Waals surface area contributed by atoms with Gasteiger partial charge >= 0.3 is 0 Å². The first-order valence-electron chi connectivity index (χ1n) is 10.2. The maximum atomic E-state index is 14.5. The fourth-order valence-electron chi connectivity index (χ4n) is 3.93. The Labute approximate surface area is 191 Å². The summed E-state index contributed by atoms with van der Waals surface area (Å²) in [6, 6.07) is 1.69. The van der Waals surface area contributed by atoms with Crippen LogP contribution in [-0.4, -0.2) is 54.9 Å². The Morgan fingerprint density at radius 3 is 3.06 bits per heavy atom. The molecule has 1 saturated heterocycles. The summed E-state index contributed by atoms with van der Waals surface area (Å²) >= 11 is 7.40. The average Bonchev–Trinajstić information content (AvgIpc) is 3.48. The number of rotatable bonds is 5. The van der Waals surface area contributed by atoms with Gasteiger partial charge < -0.3 is 15.2 Å². The molecule has 0 aromatic carbocycles. The second kappa shape index (κ2) is 8.79. The van der Waals surface area contributed by atoms with Crippen LogP contribution in [0.3, 0.4) is 0 Å². The van der Waals surface area contributed by atoms with Crippen LogP contribution < -0.4 is 5.32 Å². The molecular weight excluding hydrogens is 453 g/mol. The number of fused-ring (bicyclic) bond motifs is 1. The quantitative estimate of drug-likeness (QED) is 0.448. The van der Waals surface area contributed by atoms with Crippen LogP contribution in [0.15, 0.2) is 36.2 Å². The normalized spacial score (nSPS) is 16.4. The van der Waals surface area contributed by atoms with Crippen LogP contribution in [0.1, 0.15) is 29.1 Å². The van der Waals surface area contributed by atoms with E-state index in [1.807, 2.05) is 4.90 Å². The monoisotopic (exact) mass is 471 g/mol. The van der Waals surface area contributed by atoms with Crippen LogP contribution in [0, 0.1) is 5.82 Å². The van der Waals surface area contributed by atoms with Crippen LogP contribution >= 0.6 is 22.9 Å². The van der Waals surface area contributed by atoms with Gasteiger partial charge in [-0.2, -0.15) is 0 Å². The van der Waals surface area contributed by atoms with Crippen molar-refractivity contribution >= 4 is 45.7 Å². The van der Waals surface area contributed by atoms with Gasteiger partial charge in [0.25, 0.3) is 5.91 Å². The maximum absolute atomic E-state index is 14.5. The number of carbonyl (C=O) groups excluding carboxylic acids is 1. The number of halogens is 2. The van der Waals surface area contributed by atoms with Gasteiger partial charge in [0.05, 0.1) is 11.2 Å². The number of hydrogen-bond donors (Lipinski definition) is 2. The van der Waals surface area contributed by atoms with E-state index in [2.05, 4.69) is 30.2 Å². The number of likely N-dealkylation sites (tertiary alicyclic amines) is 1. The number of carbonyl (C=O) groups is 1. The molecule has 164 valence electrons. The third kappa shape index (κ3) is 4.03. The van der Waals surface area contributed by atoms with E-state index in [0.29, 0.717) is 40.2 Å². The molecule has 1 amide bonds. The van der Waals surface area contributed by atoms with Gasteiger partial charge in [0.15, 0.2) is 22.5 Å². The third-order valence-electron chi connectivity index (χ3n) is 5.49. The van der Waals surface area contributed by atoms with Gasteiger partial charge in [-0.1, -0.05) is 11.6 Å². The summed E-state index contributed by atoms with van der Waals surface area (Å²) in [7, 11) is 0. The predicted octanol–water partition coefficient (Wildman–Crippen LogP) is 4.38. The first kappa shape index (κ1) is 20.8. The fraction of sp³-hybridized carbons (Fsp3) is 0.286. The highest BCUT2D eigenvalue weighted by atomic mass is 35.5. The molecule has 1 aliphatic rings. The summed E-state index contributed by atoms with van der Waals surface area (Å²) in [6.07, 6.45) is 8.81. The summed E-state index contributed by atoms with van der Waals surface area (Å²) in [4.78, 5) is 34.6. The Bertz CT molecular complexity index is 1260. The molecule has 4 aromatic heterocycles. The minimum Gasteiger partial charge on any atom is -0.365 e. The number of piperidine rings is 1. The number of anilines is 1. The molecule has 32 heavy (non-hydrogen) atoms. The van der Waals surface area contributed by atoms with Gasteiger partial charge in [-0.25, -0.2) is 24.3 Å². The van der Waals surface area contributed by atoms with Gasteiger partial charge in [0, 0.05) is 54.1 Å². The van der Waals surface area contributed by atoms with Gasteiger partial charge in [-0.05, 0) is 25.3 Å². The highest BCUT2D eigenvalue weighted by molar-refractivity contribution is 7.11. The van der Waals surface area contributed by atoms with E-state index in [0.717, 1.165) is 30.8 Å². The van der Waals surface area contributed by atoms with E-state index in [4.69, 9.17) is 11.6 Å². The standard InChI is InChI=1S/C21H19ClFN7OS/c22-12-7-14-15(10-27-17(14)25-8-12)18-28-11-16(23)19(29-18)26-9-13-3-1-2-5-30(13)21(31)20-24-4-6-32-20/h4,6-8,10-11,13H,1-3,5,9H2,(H,25,27)(H,26,28,29). The highest BCUT2D eigenvalue weighted by Gasteiger charge is 2.29. The number of amides is 1. The highest BCUT2D eigenvalue weighted by Crippen LogP contribution is 2.28. The molecule has 5 heterocycles. The van der Waals surface area contributed by atoms with Crippen molar-refractivity contribution in [1.82, 2.24) is 29.8 Å². The predicted molar refractivity (Wildman–Crippen MR) is 121 cm³/mol. The molecule has 1 unspecified atom stereocenters. The minimum atomic E-state index is -0.557. The maximum Gasteiger partial charge on any atom is 0.283 e. The smallest absolute Gasteiger partial charge is 0.283 e. The number of nitrogens with one attached hydrogen (secondary N) is 2. The molecular formula is C21H19ClFN7OS. The first-order chi connectivity index (χ1) is 15.6. The molecule has 11 heteroatoms. The molecule has 1 aliphatic heterocycles. The fourth-order valence-corrected chi connectivity index (χ4v) is 4.68. The van der Waals surface area contributed by atoms with Crippen molar-refractivity contribution in [3.63, 3.8) is 0 Å². The van der Waals surface area contributed by atoms with E-state index in [-0.39, 0.29) is 17.8 Å². The van der Waals surface area contributed by atoms with E-state index >= 15 is 0 Å². The number of pyridine rings is 1. The zero-order valence-corrected chi connectivity index (χ0v) is 18.5. The van der Waals surface area contributed by atoms with Crippen LogP contribution in [0.25, 0.3) is 22.4 Å². The van der Waals surface area contributed by atoms with Crippen molar-refractivity contribution < 1.29 is 9.18 Å². The van der Waals surface area contributed by atoms with Gasteiger partial charge in [0.1, 0.15) is 5.65 Å². The number of nitrogens with zero attached hydrogens (tertiary/aromatic N) is 5. The molecule has 0 radical (unpaired) electrons. The lowest BCUT2D eigenvalue weighted by Crippen LogP contribution is -2.47. The Hall–Kier alpha value is -3.11. The lowest BCUT2D eigenvalue weighted by molar-refractivity contribution is 0.0628. The van der Waals surface area contributed by atoms with Crippen molar-refractivity contribution in [2.45, 2.75) is 25.3 Å². The zero-order chi connectivity index (χ0) is 22.1. The Morgan fingerprint density at radius 2 is 2.22 bits per heavy atom. The molecule has 5 rings (SSSR count). The SMILES string of the molecule is O=C(c1nccs1)N1CCCCC1CNc1nc(-c2c[nH]c3ncc(Cl)cc23)ncc1F. The lowest BCUT2D eigenvalue weighted by atomic mass is 10.0. The van der Waals surface area contributed by atoms with Gasteiger partial charge in [0.2, 0.25) is 0 Å². The summed E-state index contributed by atoms with van der Waals surface area (Å²) in [6.45, 7) is 1.04. The first-order valence-corrected chi connectivity index (χ1v) is 11.5. The van der Waals surface area contributed by atoms with E-state index in [9.17, 15) is 9.18 Å². The molecule has 1 atom stereocenters. The Morgan fingerprint density at radius 1 is 1.31 bits per heavy atom. The zero-order valence-electron chi connectivity index (χ0n) is 16.9. The lowest BCUT2D eigenvalue weighted by Gasteiger charge is -2.35. The number of aromatic nitrogens is 5. The van der Waals surface area contributed by atoms with Crippen LogP contribution in [-0.2, 0) is 0 Å². The minimum absolute atomic E-state index is 0.0749. The summed E-state index contributed by atoms with van der Waals surface area (Å²) in [5.41, 5.74) is 1.32. The summed E-state index contributed by atoms with van der Waals surface area (Å²) < 4.78 is 14.5. The van der Waals surface area contributed by atoms with Crippen molar-refractivity contribution in [3.05, 3.63) is 52.1 Å². The van der Waals surface area contributed by atoms with E-state index in [1.54, 1.807) is 30.0 Å². The second-order valence-corrected chi connectivity index (χ2v) is 8.84. The average molecular weight is 472 g/mol. The van der Waals surface area contributed by atoms with Crippen molar-refractivity contribution in [1.29, 1.82) is 0 Å².